The van der Waals surface area contributed by atoms with Gasteiger partial charge >= 0.3 is 5.97 Å². The monoisotopic (exact) mass is 264 g/mol. The van der Waals surface area contributed by atoms with Crippen molar-refractivity contribution in [2.75, 3.05) is 6.54 Å². The molecule has 2 N–H and O–H groups in total. The molecular formula is C13H16N2O4. The molecule has 0 spiro atoms. The van der Waals surface area contributed by atoms with Crippen LogP contribution in [0.5, 0.6) is 0 Å². The molecule has 0 unspecified atom stereocenters. The summed E-state index contributed by atoms with van der Waals surface area (Å²) in [7, 11) is 0. The minimum atomic E-state index is -0.951. The quantitative estimate of drug-likeness (QED) is 0.355. The Morgan fingerprint density at radius 2 is 2.21 bits per heavy atom. The van der Waals surface area contributed by atoms with Gasteiger partial charge in [-0.25, -0.2) is 4.79 Å². The summed E-state index contributed by atoms with van der Waals surface area (Å²) in [4.78, 5) is 20.9. The number of rotatable bonds is 6. The zero-order valence-corrected chi connectivity index (χ0v) is 10.8. The second kappa shape index (κ2) is 6.65. The molecule has 1 aromatic carbocycles. The first-order chi connectivity index (χ1) is 8.93. The van der Waals surface area contributed by atoms with Crippen molar-refractivity contribution >= 4 is 11.7 Å². The summed E-state index contributed by atoms with van der Waals surface area (Å²) >= 11 is 0. The first-order valence-corrected chi connectivity index (χ1v) is 5.77. The van der Waals surface area contributed by atoms with Crippen LogP contribution in [0.1, 0.15) is 18.1 Å². The Balaban J connectivity index is 2.64. The smallest absolute Gasteiger partial charge is 0.330 e. The van der Waals surface area contributed by atoms with Crippen LogP contribution in [0.4, 0.5) is 5.69 Å². The van der Waals surface area contributed by atoms with Gasteiger partial charge in [0, 0.05) is 30.3 Å². The molecule has 1 aromatic rings. The van der Waals surface area contributed by atoms with Crippen LogP contribution in [-0.4, -0.2) is 22.5 Å². The summed E-state index contributed by atoms with van der Waals surface area (Å²) < 4.78 is 0. The molecule has 0 amide bonds. The van der Waals surface area contributed by atoms with Crippen molar-refractivity contribution in [2.45, 2.75) is 20.4 Å². The molecule has 0 atom stereocenters. The van der Waals surface area contributed by atoms with Gasteiger partial charge in [0.15, 0.2) is 0 Å². The maximum Gasteiger partial charge on any atom is 0.330 e. The second-order valence-corrected chi connectivity index (χ2v) is 4.14. The fourth-order valence-electron chi connectivity index (χ4n) is 1.58. The van der Waals surface area contributed by atoms with Gasteiger partial charge in [-0.2, -0.15) is 0 Å². The number of carboxylic acids is 1. The largest absolute Gasteiger partial charge is 0.478 e. The van der Waals surface area contributed by atoms with Gasteiger partial charge in [-0.05, 0) is 19.4 Å². The minimum absolute atomic E-state index is 0.0940. The lowest BCUT2D eigenvalue weighted by atomic mass is 10.1. The third kappa shape index (κ3) is 4.18. The van der Waals surface area contributed by atoms with Crippen molar-refractivity contribution in [3.8, 4) is 0 Å². The van der Waals surface area contributed by atoms with Gasteiger partial charge in [-0.3, -0.25) is 10.1 Å². The van der Waals surface area contributed by atoms with Gasteiger partial charge in [0.25, 0.3) is 5.69 Å². The summed E-state index contributed by atoms with van der Waals surface area (Å²) in [5.74, 6) is -0.951. The van der Waals surface area contributed by atoms with Crippen molar-refractivity contribution in [3.63, 3.8) is 0 Å². The van der Waals surface area contributed by atoms with Gasteiger partial charge < -0.3 is 10.4 Å². The number of nitrogens with zero attached hydrogens (tertiary/aromatic N) is 1. The van der Waals surface area contributed by atoms with Gasteiger partial charge in [-0.15, -0.1) is 0 Å². The van der Waals surface area contributed by atoms with Crippen LogP contribution in [0.3, 0.4) is 0 Å². The molecule has 6 nitrogen and oxygen atoms in total. The van der Waals surface area contributed by atoms with Crippen LogP contribution >= 0.6 is 0 Å². The van der Waals surface area contributed by atoms with Crippen molar-refractivity contribution in [1.82, 2.24) is 5.32 Å². The summed E-state index contributed by atoms with van der Waals surface area (Å²) in [5, 5.41) is 22.5. The first kappa shape index (κ1) is 14.8. The SMILES string of the molecule is C/C(=C/CNCc1cccc([N+](=O)[O-])c1C)C(=O)O. The molecule has 0 radical (unpaired) electrons. The van der Waals surface area contributed by atoms with E-state index in [4.69, 9.17) is 5.11 Å². The Hall–Kier alpha value is -2.21. The van der Waals surface area contributed by atoms with E-state index in [1.807, 2.05) is 6.07 Å². The van der Waals surface area contributed by atoms with Crippen LogP contribution < -0.4 is 5.32 Å². The van der Waals surface area contributed by atoms with E-state index in [1.54, 1.807) is 19.1 Å². The number of nitro groups is 1. The zero-order valence-electron chi connectivity index (χ0n) is 10.8. The van der Waals surface area contributed by atoms with Crippen molar-refractivity contribution in [2.24, 2.45) is 0 Å². The predicted molar refractivity (Wildman–Crippen MR) is 70.9 cm³/mol. The van der Waals surface area contributed by atoms with E-state index in [1.165, 1.54) is 13.0 Å². The molecule has 0 saturated heterocycles. The predicted octanol–water partition coefficient (Wildman–Crippen LogP) is 2.02. The van der Waals surface area contributed by atoms with Crippen LogP contribution in [0.15, 0.2) is 29.8 Å². The van der Waals surface area contributed by atoms with E-state index >= 15 is 0 Å². The number of nitrogens with one attached hydrogen (secondary N) is 1. The Labute approximate surface area is 110 Å². The van der Waals surface area contributed by atoms with Crippen molar-refractivity contribution in [3.05, 3.63) is 51.1 Å². The molecule has 6 heteroatoms. The van der Waals surface area contributed by atoms with Crippen LogP contribution in [0, 0.1) is 17.0 Å². The van der Waals surface area contributed by atoms with Crippen LogP contribution in [0.2, 0.25) is 0 Å². The molecule has 102 valence electrons. The summed E-state index contributed by atoms with van der Waals surface area (Å²) in [5.41, 5.74) is 1.81. The second-order valence-electron chi connectivity index (χ2n) is 4.14. The van der Waals surface area contributed by atoms with Crippen molar-refractivity contribution < 1.29 is 14.8 Å². The minimum Gasteiger partial charge on any atom is -0.478 e. The summed E-state index contributed by atoms with van der Waals surface area (Å²) in [6.07, 6.45) is 1.56. The number of hydrogen-bond acceptors (Lipinski definition) is 4. The summed E-state index contributed by atoms with van der Waals surface area (Å²) in [6, 6.07) is 4.91. The van der Waals surface area contributed by atoms with Gasteiger partial charge in [-0.1, -0.05) is 18.2 Å². The third-order valence-corrected chi connectivity index (χ3v) is 2.82. The van der Waals surface area contributed by atoms with Crippen LogP contribution in [0.25, 0.3) is 0 Å². The number of hydrogen-bond donors (Lipinski definition) is 2. The lowest BCUT2D eigenvalue weighted by Gasteiger charge is -2.06. The average molecular weight is 264 g/mol. The van der Waals surface area contributed by atoms with E-state index in [0.717, 1.165) is 5.56 Å². The van der Waals surface area contributed by atoms with E-state index in [9.17, 15) is 14.9 Å². The van der Waals surface area contributed by atoms with Crippen LogP contribution in [-0.2, 0) is 11.3 Å². The Morgan fingerprint density at radius 1 is 1.53 bits per heavy atom. The Morgan fingerprint density at radius 3 is 2.79 bits per heavy atom. The standard InChI is InChI=1S/C13H16N2O4/c1-9(13(16)17)6-7-14-8-11-4-3-5-12(10(11)2)15(18)19/h3-6,14H,7-8H2,1-2H3,(H,16,17)/b9-6-. The topological polar surface area (TPSA) is 92.5 Å². The van der Waals surface area contributed by atoms with Gasteiger partial charge in [0.2, 0.25) is 0 Å². The number of nitro benzene ring substituents is 1. The molecule has 0 heterocycles. The van der Waals surface area contributed by atoms with Gasteiger partial charge in [0.1, 0.15) is 0 Å². The van der Waals surface area contributed by atoms with E-state index in [-0.39, 0.29) is 11.3 Å². The highest BCUT2D eigenvalue weighted by Gasteiger charge is 2.12. The molecule has 0 aromatic heterocycles. The van der Waals surface area contributed by atoms with Gasteiger partial charge in [0.05, 0.1) is 4.92 Å². The number of carboxylic acid groups (broad SMARTS) is 1. The number of benzene rings is 1. The maximum atomic E-state index is 10.8. The molecule has 1 rings (SSSR count). The highest BCUT2D eigenvalue weighted by molar-refractivity contribution is 5.85. The molecule has 0 fully saturated rings. The summed E-state index contributed by atoms with van der Waals surface area (Å²) in [6.45, 7) is 4.08. The highest BCUT2D eigenvalue weighted by Crippen LogP contribution is 2.20. The molecule has 19 heavy (non-hydrogen) atoms. The number of aliphatic carboxylic acids is 1. The molecule has 0 aliphatic carbocycles. The Kier molecular flexibility index (Phi) is 5.20. The normalized spacial score (nSPS) is 11.4. The molecule has 0 aliphatic rings. The molecular weight excluding hydrogens is 248 g/mol. The fourth-order valence-corrected chi connectivity index (χ4v) is 1.58. The molecule has 0 aliphatic heterocycles. The third-order valence-electron chi connectivity index (χ3n) is 2.82. The lowest BCUT2D eigenvalue weighted by Crippen LogP contribution is -2.15. The average Bonchev–Trinajstić information content (AvgIpc) is 2.35. The fraction of sp³-hybridized carbons (Fsp3) is 0.308. The molecule has 0 bridgehead atoms. The van der Waals surface area contributed by atoms with E-state index in [2.05, 4.69) is 5.32 Å². The lowest BCUT2D eigenvalue weighted by molar-refractivity contribution is -0.385. The van der Waals surface area contributed by atoms with E-state index < -0.39 is 10.9 Å². The maximum absolute atomic E-state index is 10.8. The Bertz CT molecular complexity index is 523. The molecule has 0 saturated carbocycles. The first-order valence-electron chi connectivity index (χ1n) is 5.77. The van der Waals surface area contributed by atoms with Crippen molar-refractivity contribution in [1.29, 1.82) is 0 Å². The van der Waals surface area contributed by atoms with E-state index in [0.29, 0.717) is 18.7 Å². The zero-order chi connectivity index (χ0) is 14.4. The highest BCUT2D eigenvalue weighted by atomic mass is 16.6. The number of carbonyl (C=O) groups is 1.